The van der Waals surface area contributed by atoms with Crippen LogP contribution in [0, 0.1) is 0 Å². The zero-order valence-electron chi connectivity index (χ0n) is 8.23. The number of benzene rings is 2. The number of hydrogen-bond acceptors (Lipinski definition) is 1. The number of carbonyl (C=O) groups is 1. The molecule has 2 aromatic carbocycles. The van der Waals surface area contributed by atoms with Crippen molar-refractivity contribution in [2.75, 3.05) is 0 Å². The quantitative estimate of drug-likeness (QED) is 0.637. The fraction of sp³-hybridized carbons (Fsp3) is 0.0714. The Balaban J connectivity index is 2.49. The van der Waals surface area contributed by atoms with E-state index in [0.717, 1.165) is 23.7 Å². The second-order valence-corrected chi connectivity index (χ2v) is 3.80. The number of aldehydes is 1. The fourth-order valence-corrected chi connectivity index (χ4v) is 2.26. The Morgan fingerprint density at radius 1 is 1.13 bits per heavy atom. The summed E-state index contributed by atoms with van der Waals surface area (Å²) in [5.74, 6) is 0. The van der Waals surface area contributed by atoms with Crippen molar-refractivity contribution in [3.8, 4) is 0 Å². The molecule has 0 unspecified atom stereocenters. The Morgan fingerprint density at radius 3 is 2.73 bits per heavy atom. The molecule has 0 saturated carbocycles. The van der Waals surface area contributed by atoms with E-state index in [1.165, 1.54) is 16.5 Å². The molecule has 0 bridgehead atoms. The van der Waals surface area contributed by atoms with Gasteiger partial charge in [0.1, 0.15) is 0 Å². The van der Waals surface area contributed by atoms with E-state index in [9.17, 15) is 4.79 Å². The summed E-state index contributed by atoms with van der Waals surface area (Å²) < 4.78 is 0. The highest BCUT2D eigenvalue weighted by Gasteiger charge is 2.11. The summed E-state index contributed by atoms with van der Waals surface area (Å²) in [6.07, 6.45) is 6.16. The minimum Gasteiger partial charge on any atom is -0.298 e. The molecule has 1 nitrogen and oxygen atoms in total. The lowest BCUT2D eigenvalue weighted by atomic mass is 9.96. The van der Waals surface area contributed by atoms with E-state index in [1.54, 1.807) is 0 Å². The standard InChI is InChI=1S/C14H10O/c15-9-11-8-10-4-3-7-12(10)14-6-2-1-5-13(11)14/h1-6,8-9H,7H2. The molecule has 1 aliphatic carbocycles. The lowest BCUT2D eigenvalue weighted by Crippen LogP contribution is -1.90. The van der Waals surface area contributed by atoms with E-state index in [2.05, 4.69) is 18.2 Å². The first-order chi connectivity index (χ1) is 7.40. The average molecular weight is 194 g/mol. The summed E-state index contributed by atoms with van der Waals surface area (Å²) in [5.41, 5.74) is 3.32. The van der Waals surface area contributed by atoms with Crippen molar-refractivity contribution >= 4 is 23.1 Å². The van der Waals surface area contributed by atoms with Crippen molar-refractivity contribution in [2.24, 2.45) is 0 Å². The van der Waals surface area contributed by atoms with E-state index in [0.29, 0.717) is 0 Å². The number of fused-ring (bicyclic) bond motifs is 3. The van der Waals surface area contributed by atoms with Gasteiger partial charge in [-0.15, -0.1) is 0 Å². The predicted octanol–water partition coefficient (Wildman–Crippen LogP) is 3.22. The van der Waals surface area contributed by atoms with Crippen molar-refractivity contribution < 1.29 is 4.79 Å². The molecule has 0 radical (unpaired) electrons. The lowest BCUT2D eigenvalue weighted by Gasteiger charge is -2.07. The zero-order valence-corrected chi connectivity index (χ0v) is 8.23. The molecule has 2 aromatic rings. The van der Waals surface area contributed by atoms with E-state index >= 15 is 0 Å². The largest absolute Gasteiger partial charge is 0.298 e. The first-order valence-corrected chi connectivity index (χ1v) is 5.06. The average Bonchev–Trinajstić information content (AvgIpc) is 2.76. The Bertz CT molecular complexity index is 579. The summed E-state index contributed by atoms with van der Waals surface area (Å²) in [5, 5.41) is 2.28. The van der Waals surface area contributed by atoms with Gasteiger partial charge in [-0.3, -0.25) is 4.79 Å². The van der Waals surface area contributed by atoms with Gasteiger partial charge in [-0.1, -0.05) is 36.4 Å². The Hall–Kier alpha value is -1.89. The maximum absolute atomic E-state index is 11.0. The SMILES string of the molecule is O=Cc1cc2c(c3ccccc13)CC=C2. The summed E-state index contributed by atoms with van der Waals surface area (Å²) in [7, 11) is 0. The molecule has 72 valence electrons. The third kappa shape index (κ3) is 1.13. The highest BCUT2D eigenvalue weighted by Crippen LogP contribution is 2.30. The van der Waals surface area contributed by atoms with Crippen LogP contribution in [0.1, 0.15) is 21.5 Å². The van der Waals surface area contributed by atoms with Crippen LogP contribution in [-0.2, 0) is 6.42 Å². The van der Waals surface area contributed by atoms with Crippen LogP contribution in [0.25, 0.3) is 16.8 Å². The third-order valence-electron chi connectivity index (χ3n) is 2.97. The van der Waals surface area contributed by atoms with Crippen LogP contribution in [0.5, 0.6) is 0 Å². The summed E-state index contributed by atoms with van der Waals surface area (Å²) in [4.78, 5) is 11.0. The Kier molecular flexibility index (Phi) is 1.72. The maximum atomic E-state index is 11.0. The van der Waals surface area contributed by atoms with Crippen molar-refractivity contribution in [1.82, 2.24) is 0 Å². The van der Waals surface area contributed by atoms with Gasteiger partial charge in [-0.05, 0) is 34.4 Å². The van der Waals surface area contributed by atoms with Gasteiger partial charge in [0.2, 0.25) is 0 Å². The van der Waals surface area contributed by atoms with Crippen LogP contribution < -0.4 is 0 Å². The van der Waals surface area contributed by atoms with Gasteiger partial charge >= 0.3 is 0 Å². The summed E-state index contributed by atoms with van der Waals surface area (Å²) >= 11 is 0. The third-order valence-corrected chi connectivity index (χ3v) is 2.97. The molecule has 3 rings (SSSR count). The topological polar surface area (TPSA) is 17.1 Å². The second kappa shape index (κ2) is 3.06. The number of allylic oxidation sites excluding steroid dienone is 1. The molecule has 0 amide bonds. The highest BCUT2D eigenvalue weighted by molar-refractivity contribution is 6.02. The van der Waals surface area contributed by atoms with Crippen LogP contribution in [-0.4, -0.2) is 6.29 Å². The van der Waals surface area contributed by atoms with Gasteiger partial charge < -0.3 is 0 Å². The van der Waals surface area contributed by atoms with Crippen LogP contribution >= 0.6 is 0 Å². The first kappa shape index (κ1) is 8.42. The van der Waals surface area contributed by atoms with Gasteiger partial charge in [0.15, 0.2) is 6.29 Å². The van der Waals surface area contributed by atoms with Gasteiger partial charge in [-0.25, -0.2) is 0 Å². The second-order valence-electron chi connectivity index (χ2n) is 3.80. The normalized spacial score (nSPS) is 13.1. The molecule has 0 N–H and O–H groups in total. The highest BCUT2D eigenvalue weighted by atomic mass is 16.1. The van der Waals surface area contributed by atoms with Crippen molar-refractivity contribution in [3.05, 3.63) is 53.1 Å². The number of rotatable bonds is 1. The van der Waals surface area contributed by atoms with Gasteiger partial charge in [0.25, 0.3) is 0 Å². The molecule has 0 heterocycles. The molecule has 0 aliphatic heterocycles. The first-order valence-electron chi connectivity index (χ1n) is 5.06. The van der Waals surface area contributed by atoms with Crippen LogP contribution in [0.2, 0.25) is 0 Å². The molecule has 15 heavy (non-hydrogen) atoms. The molecule has 1 aliphatic rings. The molecular formula is C14H10O. The summed E-state index contributed by atoms with van der Waals surface area (Å²) in [6, 6.07) is 10.1. The molecule has 0 spiro atoms. The maximum Gasteiger partial charge on any atom is 0.150 e. The molecule has 1 heteroatoms. The minimum atomic E-state index is 0.788. The van der Waals surface area contributed by atoms with Crippen LogP contribution in [0.3, 0.4) is 0 Å². The molecule has 0 saturated heterocycles. The predicted molar refractivity (Wildman–Crippen MR) is 62.1 cm³/mol. The van der Waals surface area contributed by atoms with Gasteiger partial charge in [0.05, 0.1) is 0 Å². The number of hydrogen-bond donors (Lipinski definition) is 0. The van der Waals surface area contributed by atoms with Crippen molar-refractivity contribution in [3.63, 3.8) is 0 Å². The van der Waals surface area contributed by atoms with Crippen LogP contribution in [0.4, 0.5) is 0 Å². The lowest BCUT2D eigenvalue weighted by molar-refractivity contribution is 0.112. The Morgan fingerprint density at radius 2 is 1.93 bits per heavy atom. The zero-order chi connectivity index (χ0) is 10.3. The van der Waals surface area contributed by atoms with Crippen molar-refractivity contribution in [2.45, 2.75) is 6.42 Å². The summed E-state index contributed by atoms with van der Waals surface area (Å²) in [6.45, 7) is 0. The fourth-order valence-electron chi connectivity index (χ4n) is 2.26. The molecule has 0 atom stereocenters. The number of carbonyl (C=O) groups excluding carboxylic acids is 1. The smallest absolute Gasteiger partial charge is 0.150 e. The monoisotopic (exact) mass is 194 g/mol. The molecular weight excluding hydrogens is 184 g/mol. The van der Waals surface area contributed by atoms with E-state index in [1.807, 2.05) is 24.3 Å². The Labute approximate surface area is 88.0 Å². The van der Waals surface area contributed by atoms with E-state index in [-0.39, 0.29) is 0 Å². The molecule has 0 fully saturated rings. The van der Waals surface area contributed by atoms with Crippen LogP contribution in [0.15, 0.2) is 36.4 Å². The van der Waals surface area contributed by atoms with Gasteiger partial charge in [0, 0.05) is 5.56 Å². The molecule has 0 aromatic heterocycles. The van der Waals surface area contributed by atoms with E-state index < -0.39 is 0 Å². The van der Waals surface area contributed by atoms with Crippen molar-refractivity contribution in [1.29, 1.82) is 0 Å². The van der Waals surface area contributed by atoms with Gasteiger partial charge in [-0.2, -0.15) is 0 Å². The minimum absolute atomic E-state index is 0.788. The van der Waals surface area contributed by atoms with E-state index in [4.69, 9.17) is 0 Å².